The Labute approximate surface area is 77.4 Å². The van der Waals surface area contributed by atoms with E-state index in [9.17, 15) is 4.79 Å². The lowest BCUT2D eigenvalue weighted by Gasteiger charge is -2.04. The maximum absolute atomic E-state index is 10.5. The first kappa shape index (κ1) is 11.8. The Morgan fingerprint density at radius 3 is 2.69 bits per heavy atom. The molecule has 0 aromatic heterocycles. The van der Waals surface area contributed by atoms with E-state index in [-0.39, 0.29) is 0 Å². The van der Waals surface area contributed by atoms with Gasteiger partial charge in [-0.25, -0.2) is 0 Å². The Balaban J connectivity index is 3.70. The van der Waals surface area contributed by atoms with Crippen LogP contribution in [-0.4, -0.2) is 17.1 Å². The van der Waals surface area contributed by atoms with E-state index < -0.39 is 12.0 Å². The van der Waals surface area contributed by atoms with Crippen LogP contribution in [0.1, 0.15) is 39.0 Å². The molecule has 1 unspecified atom stereocenters. The fraction of sp³-hybridized carbons (Fsp3) is 0.875. The van der Waals surface area contributed by atoms with Crippen molar-refractivity contribution in [1.82, 2.24) is 0 Å². The number of rotatable bonds is 7. The minimum absolute atomic E-state index is 0.444. The van der Waals surface area contributed by atoms with Gasteiger partial charge in [-0.15, -0.1) is 0 Å². The molecule has 1 atom stereocenters. The number of aliphatic carboxylic acids is 1. The third-order valence-corrected chi connectivity index (χ3v) is 1.81. The van der Waals surface area contributed by atoms with Crippen LogP contribution in [0.2, 0.25) is 0 Å². The van der Waals surface area contributed by atoms with Gasteiger partial charge in [-0.2, -0.15) is 0 Å². The van der Waals surface area contributed by atoms with Crippen molar-refractivity contribution in [2.24, 2.45) is 5.11 Å². The van der Waals surface area contributed by atoms with Gasteiger partial charge in [0.05, 0.1) is 0 Å². The van der Waals surface area contributed by atoms with Crippen LogP contribution in [0.25, 0.3) is 10.4 Å². The van der Waals surface area contributed by atoms with Crippen molar-refractivity contribution in [3.8, 4) is 0 Å². The first-order valence-electron chi connectivity index (χ1n) is 4.49. The van der Waals surface area contributed by atoms with Crippen molar-refractivity contribution in [1.29, 1.82) is 0 Å². The normalized spacial score (nSPS) is 11.8. The highest BCUT2D eigenvalue weighted by molar-refractivity contribution is 5.73. The predicted octanol–water partition coefficient (Wildman–Crippen LogP) is 2.72. The summed E-state index contributed by atoms with van der Waals surface area (Å²) in [5, 5.41) is 11.8. The van der Waals surface area contributed by atoms with E-state index in [4.69, 9.17) is 10.6 Å². The zero-order valence-corrected chi connectivity index (χ0v) is 7.81. The summed E-state index contributed by atoms with van der Waals surface area (Å²) in [6.07, 6.45) is 4.46. The number of nitrogens with zero attached hydrogens (tertiary/aromatic N) is 3. The first-order chi connectivity index (χ1) is 6.22. The summed E-state index contributed by atoms with van der Waals surface area (Å²) in [5.41, 5.74) is 8.08. The number of hydrogen-bond donors (Lipinski definition) is 1. The van der Waals surface area contributed by atoms with Gasteiger partial charge < -0.3 is 5.11 Å². The fourth-order valence-electron chi connectivity index (χ4n) is 1.06. The van der Waals surface area contributed by atoms with Gasteiger partial charge in [0.1, 0.15) is 6.04 Å². The summed E-state index contributed by atoms with van der Waals surface area (Å²) in [7, 11) is 0. The molecule has 0 aliphatic carbocycles. The number of azide groups is 1. The zero-order valence-electron chi connectivity index (χ0n) is 7.81. The summed E-state index contributed by atoms with van der Waals surface area (Å²) in [6.45, 7) is 2.09. The average Bonchev–Trinajstić information content (AvgIpc) is 2.10. The maximum Gasteiger partial charge on any atom is 0.312 e. The van der Waals surface area contributed by atoms with Crippen LogP contribution >= 0.6 is 0 Å². The SMILES string of the molecule is CCCCCCC(N=[N+]=[N-])C(=O)O. The number of carboxylic acid groups (broad SMARTS) is 1. The minimum atomic E-state index is -1.03. The second-order valence-corrected chi connectivity index (χ2v) is 2.91. The standard InChI is InChI=1S/C8H15N3O2/c1-2-3-4-5-6-7(8(12)13)10-11-9/h7H,2-6H2,1H3,(H,12,13). The molecule has 5 nitrogen and oxygen atoms in total. The minimum Gasteiger partial charge on any atom is -0.481 e. The van der Waals surface area contributed by atoms with E-state index in [0.717, 1.165) is 25.7 Å². The highest BCUT2D eigenvalue weighted by atomic mass is 16.4. The number of unbranched alkanes of at least 4 members (excludes halogenated alkanes) is 3. The smallest absolute Gasteiger partial charge is 0.312 e. The molecule has 13 heavy (non-hydrogen) atoms. The van der Waals surface area contributed by atoms with E-state index in [1.807, 2.05) is 0 Å². The molecule has 74 valence electrons. The van der Waals surface area contributed by atoms with Crippen molar-refractivity contribution in [2.75, 3.05) is 0 Å². The molecule has 0 aliphatic heterocycles. The molecule has 0 saturated heterocycles. The lowest BCUT2D eigenvalue weighted by Crippen LogP contribution is -2.16. The Morgan fingerprint density at radius 1 is 1.54 bits per heavy atom. The van der Waals surface area contributed by atoms with E-state index in [2.05, 4.69) is 16.9 Å². The second-order valence-electron chi connectivity index (χ2n) is 2.91. The predicted molar refractivity (Wildman–Crippen MR) is 49.3 cm³/mol. The van der Waals surface area contributed by atoms with Crippen molar-refractivity contribution in [3.05, 3.63) is 10.4 Å². The van der Waals surface area contributed by atoms with Gasteiger partial charge in [-0.3, -0.25) is 4.79 Å². The van der Waals surface area contributed by atoms with E-state index in [1.165, 1.54) is 0 Å². The first-order valence-corrected chi connectivity index (χ1v) is 4.49. The van der Waals surface area contributed by atoms with Crippen LogP contribution in [0, 0.1) is 0 Å². The molecule has 0 saturated carbocycles. The van der Waals surface area contributed by atoms with E-state index in [0.29, 0.717) is 6.42 Å². The molecule has 0 bridgehead atoms. The Kier molecular flexibility index (Phi) is 6.73. The third-order valence-electron chi connectivity index (χ3n) is 1.81. The second kappa shape index (κ2) is 7.43. The molecule has 0 rings (SSSR count). The van der Waals surface area contributed by atoms with Gasteiger partial charge in [0, 0.05) is 4.91 Å². The highest BCUT2D eigenvalue weighted by Crippen LogP contribution is 2.08. The molecule has 5 heteroatoms. The molecule has 0 amide bonds. The molecule has 0 heterocycles. The lowest BCUT2D eigenvalue weighted by molar-refractivity contribution is -0.138. The topological polar surface area (TPSA) is 86.1 Å². The van der Waals surface area contributed by atoms with Crippen LogP contribution < -0.4 is 0 Å². The molecule has 0 aliphatic rings. The van der Waals surface area contributed by atoms with Crippen molar-refractivity contribution in [2.45, 2.75) is 45.1 Å². The van der Waals surface area contributed by atoms with Gasteiger partial charge in [0.15, 0.2) is 0 Å². The molecule has 0 spiro atoms. The van der Waals surface area contributed by atoms with Gasteiger partial charge >= 0.3 is 5.97 Å². The number of carbonyl (C=O) groups is 1. The highest BCUT2D eigenvalue weighted by Gasteiger charge is 2.13. The van der Waals surface area contributed by atoms with Crippen molar-refractivity contribution in [3.63, 3.8) is 0 Å². The summed E-state index contributed by atoms with van der Waals surface area (Å²) in [4.78, 5) is 13.0. The molecular formula is C8H15N3O2. The molecule has 0 fully saturated rings. The monoisotopic (exact) mass is 185 g/mol. The van der Waals surface area contributed by atoms with Crippen LogP contribution in [0.15, 0.2) is 5.11 Å². The summed E-state index contributed by atoms with van der Waals surface area (Å²) >= 11 is 0. The Bertz CT molecular complexity index is 198. The molecule has 0 radical (unpaired) electrons. The molecule has 0 aromatic rings. The van der Waals surface area contributed by atoms with E-state index >= 15 is 0 Å². The van der Waals surface area contributed by atoms with Gasteiger partial charge in [-0.1, -0.05) is 37.7 Å². The average molecular weight is 185 g/mol. The summed E-state index contributed by atoms with van der Waals surface area (Å²) < 4.78 is 0. The Morgan fingerprint density at radius 2 is 2.23 bits per heavy atom. The zero-order chi connectivity index (χ0) is 10.1. The lowest BCUT2D eigenvalue weighted by atomic mass is 10.1. The molecule has 0 aromatic carbocycles. The van der Waals surface area contributed by atoms with Crippen LogP contribution in [0.3, 0.4) is 0 Å². The largest absolute Gasteiger partial charge is 0.481 e. The van der Waals surface area contributed by atoms with Crippen molar-refractivity contribution >= 4 is 5.97 Å². The molecular weight excluding hydrogens is 170 g/mol. The van der Waals surface area contributed by atoms with Gasteiger partial charge in [-0.05, 0) is 12.0 Å². The number of carboxylic acids is 1. The van der Waals surface area contributed by atoms with Gasteiger partial charge in [0.25, 0.3) is 0 Å². The molecule has 1 N–H and O–H groups in total. The van der Waals surface area contributed by atoms with Crippen LogP contribution in [0.4, 0.5) is 0 Å². The quantitative estimate of drug-likeness (QED) is 0.286. The Hall–Kier alpha value is -1.22. The van der Waals surface area contributed by atoms with Crippen molar-refractivity contribution < 1.29 is 9.90 Å². The maximum atomic E-state index is 10.5. The number of hydrogen-bond acceptors (Lipinski definition) is 2. The van der Waals surface area contributed by atoms with Gasteiger partial charge in [0.2, 0.25) is 0 Å². The van der Waals surface area contributed by atoms with Crippen LogP contribution in [-0.2, 0) is 4.79 Å². The summed E-state index contributed by atoms with van der Waals surface area (Å²) in [5.74, 6) is -1.03. The third kappa shape index (κ3) is 5.99. The van der Waals surface area contributed by atoms with Crippen LogP contribution in [0.5, 0.6) is 0 Å². The fourth-order valence-corrected chi connectivity index (χ4v) is 1.06. The van der Waals surface area contributed by atoms with E-state index in [1.54, 1.807) is 0 Å². The summed E-state index contributed by atoms with van der Waals surface area (Å²) in [6, 6.07) is -0.887.